The number of nitrogens with one attached hydrogen (secondary N) is 4. The van der Waals surface area contributed by atoms with E-state index in [1.54, 1.807) is 12.3 Å². The van der Waals surface area contributed by atoms with Gasteiger partial charge in [-0.2, -0.15) is 4.98 Å². The number of fused-ring (bicyclic) bond motifs is 1. The Labute approximate surface area is 176 Å². The number of anilines is 2. The summed E-state index contributed by atoms with van der Waals surface area (Å²) >= 11 is 0. The van der Waals surface area contributed by atoms with Crippen LogP contribution in [0.4, 0.5) is 11.8 Å². The van der Waals surface area contributed by atoms with Crippen molar-refractivity contribution in [3.63, 3.8) is 0 Å². The lowest BCUT2D eigenvalue weighted by Gasteiger charge is -2.24. The van der Waals surface area contributed by atoms with Gasteiger partial charge in [0.1, 0.15) is 17.6 Å². The number of nitrogens with two attached hydrogens (primary N) is 1. The van der Waals surface area contributed by atoms with E-state index in [-0.39, 0.29) is 36.0 Å². The molecule has 0 aromatic carbocycles. The molecule has 8 N–H and O–H groups in total. The van der Waals surface area contributed by atoms with E-state index in [9.17, 15) is 19.2 Å². The summed E-state index contributed by atoms with van der Waals surface area (Å²) in [5.74, 6) is -2.28. The van der Waals surface area contributed by atoms with Crippen molar-refractivity contribution in [2.45, 2.75) is 38.1 Å². The number of H-pyrrole nitrogens is 2. The Kier molecular flexibility index (Phi) is 6.58. The van der Waals surface area contributed by atoms with Gasteiger partial charge in [0.05, 0.1) is 5.56 Å². The molecule has 1 amide bonds. The van der Waals surface area contributed by atoms with Crippen molar-refractivity contribution in [3.8, 4) is 0 Å². The van der Waals surface area contributed by atoms with E-state index in [1.165, 1.54) is 0 Å². The number of carbonyl (C=O) groups excluding carboxylic acids is 1. The Hall–Kier alpha value is -3.83. The van der Waals surface area contributed by atoms with Crippen LogP contribution in [0.2, 0.25) is 0 Å². The van der Waals surface area contributed by atoms with Crippen molar-refractivity contribution >= 4 is 29.6 Å². The first-order chi connectivity index (χ1) is 14.7. The van der Waals surface area contributed by atoms with Crippen molar-refractivity contribution in [1.82, 2.24) is 20.3 Å². The van der Waals surface area contributed by atoms with Gasteiger partial charge < -0.3 is 31.6 Å². The number of nitrogens with zero attached hydrogens (tertiary/aromatic N) is 1. The predicted octanol–water partition coefficient (Wildman–Crippen LogP) is -0.0550. The number of hydrogen-bond acceptors (Lipinski definition) is 7. The average molecular weight is 432 g/mol. The number of carboxylic acid groups (broad SMARTS) is 2. The van der Waals surface area contributed by atoms with E-state index in [0.717, 1.165) is 12.0 Å². The molecule has 1 unspecified atom stereocenters. The zero-order valence-corrected chi connectivity index (χ0v) is 16.6. The maximum atomic E-state index is 12.3. The minimum Gasteiger partial charge on any atom is -0.481 e. The lowest BCUT2D eigenvalue weighted by molar-refractivity contribution is -0.140. The van der Waals surface area contributed by atoms with Crippen LogP contribution in [0.15, 0.2) is 17.1 Å². The topological polar surface area (TPSA) is 203 Å². The van der Waals surface area contributed by atoms with E-state index in [4.69, 9.17) is 15.9 Å². The molecular weight excluding hydrogens is 408 g/mol. The second-order valence-corrected chi connectivity index (χ2v) is 7.49. The highest BCUT2D eigenvalue weighted by Gasteiger charge is 2.24. The molecule has 1 aliphatic rings. The fraction of sp³-hybridized carbons (Fsp3) is 0.421. The number of carboxylic acids is 2. The molecule has 0 spiro atoms. The van der Waals surface area contributed by atoms with Crippen LogP contribution in [0.25, 0.3) is 0 Å². The number of nitrogen functional groups attached to an aromatic ring is 1. The second-order valence-electron chi connectivity index (χ2n) is 7.49. The van der Waals surface area contributed by atoms with Crippen molar-refractivity contribution in [2.24, 2.45) is 5.92 Å². The lowest BCUT2D eigenvalue weighted by atomic mass is 9.91. The van der Waals surface area contributed by atoms with Crippen LogP contribution >= 0.6 is 0 Å². The molecule has 0 saturated carbocycles. The van der Waals surface area contributed by atoms with E-state index < -0.39 is 23.9 Å². The molecule has 0 fully saturated rings. The molecule has 3 rings (SSSR count). The Morgan fingerprint density at radius 1 is 1.32 bits per heavy atom. The van der Waals surface area contributed by atoms with Gasteiger partial charge in [0.2, 0.25) is 5.95 Å². The number of aromatic amines is 2. The maximum Gasteiger partial charge on any atom is 0.326 e. The van der Waals surface area contributed by atoms with Crippen LogP contribution in [0.1, 0.15) is 40.9 Å². The number of amides is 1. The Balaban J connectivity index is 1.55. The quantitative estimate of drug-likeness (QED) is 0.283. The van der Waals surface area contributed by atoms with Crippen LogP contribution in [0, 0.1) is 5.92 Å². The number of hydrogen-bond donors (Lipinski definition) is 7. The van der Waals surface area contributed by atoms with E-state index in [0.29, 0.717) is 30.8 Å². The van der Waals surface area contributed by atoms with Gasteiger partial charge in [-0.25, -0.2) is 4.79 Å². The molecule has 0 radical (unpaired) electrons. The number of aryl methyl sites for hydroxylation is 1. The summed E-state index contributed by atoms with van der Waals surface area (Å²) in [6.07, 6.45) is 3.06. The third kappa shape index (κ3) is 5.62. The molecule has 31 heavy (non-hydrogen) atoms. The molecule has 166 valence electrons. The average Bonchev–Trinajstić information content (AvgIpc) is 3.18. The summed E-state index contributed by atoms with van der Waals surface area (Å²) in [6.45, 7) is 0.643. The third-order valence-corrected chi connectivity index (χ3v) is 5.16. The molecule has 0 bridgehead atoms. The second kappa shape index (κ2) is 9.32. The summed E-state index contributed by atoms with van der Waals surface area (Å²) in [5.41, 5.74) is 6.92. The Bertz CT molecular complexity index is 1040. The molecule has 2 aromatic rings. The first-order valence-corrected chi connectivity index (χ1v) is 9.78. The van der Waals surface area contributed by atoms with Crippen molar-refractivity contribution in [1.29, 1.82) is 0 Å². The molecular formula is C19H24N6O6. The van der Waals surface area contributed by atoms with E-state index >= 15 is 0 Å². The number of carbonyl (C=O) groups is 3. The fourth-order valence-corrected chi connectivity index (χ4v) is 3.50. The van der Waals surface area contributed by atoms with Gasteiger partial charge in [0.25, 0.3) is 11.5 Å². The molecule has 3 heterocycles. The zero-order chi connectivity index (χ0) is 22.5. The Morgan fingerprint density at radius 2 is 2.10 bits per heavy atom. The van der Waals surface area contributed by atoms with Crippen LogP contribution < -0.4 is 21.9 Å². The van der Waals surface area contributed by atoms with Gasteiger partial charge in [-0.1, -0.05) is 0 Å². The summed E-state index contributed by atoms with van der Waals surface area (Å²) in [7, 11) is 0. The normalized spacial score (nSPS) is 16.1. The standard InChI is InChI=1S/C19H24N6O6/c20-19-24-15-11(16(28)25-19)5-9(8-22-15)1-2-10-6-13(21-7-10)17(29)23-12(18(30)31)3-4-14(26)27/h6-7,9,12,21H,1-5,8H2,(H,23,29)(H,26,27)(H,30,31)(H4,20,22,24,25,28)/t9?,12-/m0/s1. The molecule has 0 aliphatic carbocycles. The number of aliphatic carboxylic acids is 2. The van der Waals surface area contributed by atoms with E-state index in [1.807, 2.05) is 0 Å². The maximum absolute atomic E-state index is 12.3. The van der Waals surface area contributed by atoms with Crippen LogP contribution in [-0.4, -0.2) is 55.6 Å². The number of rotatable bonds is 9. The van der Waals surface area contributed by atoms with Gasteiger partial charge in [-0.3, -0.25) is 19.4 Å². The van der Waals surface area contributed by atoms with Crippen LogP contribution in [-0.2, 0) is 22.4 Å². The zero-order valence-electron chi connectivity index (χ0n) is 16.6. The summed E-state index contributed by atoms with van der Waals surface area (Å²) in [4.78, 5) is 55.7. The minimum absolute atomic E-state index is 0.0703. The highest BCUT2D eigenvalue weighted by atomic mass is 16.4. The molecule has 0 saturated heterocycles. The lowest BCUT2D eigenvalue weighted by Crippen LogP contribution is -2.41. The molecule has 1 aliphatic heterocycles. The van der Waals surface area contributed by atoms with Crippen molar-refractivity contribution in [2.75, 3.05) is 17.6 Å². The van der Waals surface area contributed by atoms with Crippen molar-refractivity contribution < 1.29 is 24.6 Å². The summed E-state index contributed by atoms with van der Waals surface area (Å²) in [6, 6.07) is 0.342. The fourth-order valence-electron chi connectivity index (χ4n) is 3.50. The van der Waals surface area contributed by atoms with Gasteiger partial charge in [0, 0.05) is 19.2 Å². The van der Waals surface area contributed by atoms with Gasteiger partial charge in [-0.05, 0) is 43.2 Å². The van der Waals surface area contributed by atoms with Crippen LogP contribution in [0.3, 0.4) is 0 Å². The smallest absolute Gasteiger partial charge is 0.326 e. The highest BCUT2D eigenvalue weighted by molar-refractivity contribution is 5.95. The SMILES string of the molecule is Nc1nc2c(c(=O)[nH]1)CC(CCc1c[nH]c(C(=O)N[C@@H](CCC(=O)O)C(=O)O)c1)CN2. The molecule has 2 atom stereocenters. The number of aromatic nitrogens is 3. The monoisotopic (exact) mass is 432 g/mol. The highest BCUT2D eigenvalue weighted by Crippen LogP contribution is 2.23. The Morgan fingerprint density at radius 3 is 2.81 bits per heavy atom. The van der Waals surface area contributed by atoms with Crippen molar-refractivity contribution in [3.05, 3.63) is 39.4 Å². The first kappa shape index (κ1) is 21.9. The third-order valence-electron chi connectivity index (χ3n) is 5.16. The molecule has 2 aromatic heterocycles. The summed E-state index contributed by atoms with van der Waals surface area (Å²) in [5, 5.41) is 23.3. The first-order valence-electron chi connectivity index (χ1n) is 9.78. The minimum atomic E-state index is -1.29. The molecule has 12 nitrogen and oxygen atoms in total. The van der Waals surface area contributed by atoms with E-state index in [2.05, 4.69) is 25.6 Å². The predicted molar refractivity (Wildman–Crippen MR) is 110 cm³/mol. The molecule has 12 heteroatoms. The van der Waals surface area contributed by atoms with Gasteiger partial charge in [-0.15, -0.1) is 0 Å². The van der Waals surface area contributed by atoms with Gasteiger partial charge in [0.15, 0.2) is 0 Å². The largest absolute Gasteiger partial charge is 0.481 e. The van der Waals surface area contributed by atoms with Crippen LogP contribution in [0.5, 0.6) is 0 Å². The van der Waals surface area contributed by atoms with Gasteiger partial charge >= 0.3 is 11.9 Å². The summed E-state index contributed by atoms with van der Waals surface area (Å²) < 4.78 is 0.